The van der Waals surface area contributed by atoms with E-state index in [1.807, 2.05) is 0 Å². The zero-order chi connectivity index (χ0) is 19.3. The van der Waals surface area contributed by atoms with Gasteiger partial charge in [-0.2, -0.15) is 0 Å². The predicted molar refractivity (Wildman–Crippen MR) is 96.3 cm³/mol. The summed E-state index contributed by atoms with van der Waals surface area (Å²) in [5, 5.41) is 5.42. The van der Waals surface area contributed by atoms with Crippen LogP contribution in [0.5, 0.6) is 5.75 Å². The van der Waals surface area contributed by atoms with Crippen LogP contribution in [0.2, 0.25) is 0 Å². The molecule has 0 saturated carbocycles. The molecule has 0 aliphatic carbocycles. The Hall–Kier alpha value is -2.81. The Morgan fingerprint density at radius 1 is 1.23 bits per heavy atom. The highest BCUT2D eigenvalue weighted by Crippen LogP contribution is 2.28. The topological polar surface area (TPSA) is 100 Å². The monoisotopic (exact) mass is 364 g/mol. The summed E-state index contributed by atoms with van der Waals surface area (Å²) in [4.78, 5) is 39.4. The smallest absolute Gasteiger partial charge is 0.322 e. The summed E-state index contributed by atoms with van der Waals surface area (Å²) in [7, 11) is 4.62. The number of nitrogens with zero attached hydrogens (tertiary/aromatic N) is 2. The van der Waals surface area contributed by atoms with Gasteiger partial charge in [0.25, 0.3) is 0 Å². The van der Waals surface area contributed by atoms with Crippen molar-refractivity contribution >= 4 is 29.2 Å². The number of anilines is 2. The van der Waals surface area contributed by atoms with Crippen molar-refractivity contribution in [2.24, 2.45) is 0 Å². The Morgan fingerprint density at radius 3 is 2.62 bits per heavy atom. The Labute approximate surface area is 152 Å². The molecular weight excluding hydrogens is 340 g/mol. The van der Waals surface area contributed by atoms with Crippen LogP contribution in [0, 0.1) is 0 Å². The van der Waals surface area contributed by atoms with Crippen molar-refractivity contribution in [3.05, 3.63) is 18.2 Å². The molecular formula is C17H24N4O5. The minimum absolute atomic E-state index is 0.0966. The van der Waals surface area contributed by atoms with Crippen LogP contribution in [0.25, 0.3) is 0 Å². The normalized spacial score (nSPS) is 17.1. The van der Waals surface area contributed by atoms with Gasteiger partial charge in [-0.25, -0.2) is 4.79 Å². The average Bonchev–Trinajstić information content (AvgIpc) is 2.60. The summed E-state index contributed by atoms with van der Waals surface area (Å²) in [5.74, 6) is 0.0109. The fourth-order valence-electron chi connectivity index (χ4n) is 2.69. The molecule has 1 aromatic carbocycles. The predicted octanol–water partition coefficient (Wildman–Crippen LogP) is 0.974. The second kappa shape index (κ2) is 8.52. The Morgan fingerprint density at radius 2 is 1.96 bits per heavy atom. The second-order valence-corrected chi connectivity index (χ2v) is 5.96. The molecule has 9 nitrogen and oxygen atoms in total. The first-order valence-electron chi connectivity index (χ1n) is 8.16. The Balaban J connectivity index is 2.12. The third kappa shape index (κ3) is 4.42. The molecule has 1 aromatic rings. The molecule has 1 saturated heterocycles. The maximum Gasteiger partial charge on any atom is 0.322 e. The summed E-state index contributed by atoms with van der Waals surface area (Å²) in [6.07, 6.45) is 0. The molecule has 1 atom stereocenters. The van der Waals surface area contributed by atoms with E-state index in [4.69, 9.17) is 9.47 Å². The third-order valence-electron chi connectivity index (χ3n) is 4.14. The lowest BCUT2D eigenvalue weighted by Gasteiger charge is -2.37. The van der Waals surface area contributed by atoms with Gasteiger partial charge in [0.15, 0.2) is 0 Å². The molecule has 0 bridgehead atoms. The van der Waals surface area contributed by atoms with Gasteiger partial charge in [0, 0.05) is 32.9 Å². The first kappa shape index (κ1) is 19.5. The molecule has 142 valence electrons. The van der Waals surface area contributed by atoms with Crippen molar-refractivity contribution in [1.29, 1.82) is 0 Å². The number of methoxy groups -OCH3 is 2. The molecule has 1 aliphatic rings. The molecule has 0 aromatic heterocycles. The van der Waals surface area contributed by atoms with Crippen LogP contribution in [0.3, 0.4) is 0 Å². The molecule has 0 spiro atoms. The number of nitrogens with one attached hydrogen (secondary N) is 2. The van der Waals surface area contributed by atoms with Crippen LogP contribution in [0.4, 0.5) is 16.2 Å². The van der Waals surface area contributed by atoms with Gasteiger partial charge in [-0.3, -0.25) is 9.59 Å². The van der Waals surface area contributed by atoms with Crippen molar-refractivity contribution < 1.29 is 23.9 Å². The highest BCUT2D eigenvalue weighted by molar-refractivity contribution is 5.97. The lowest BCUT2D eigenvalue weighted by Crippen LogP contribution is -2.57. The van der Waals surface area contributed by atoms with E-state index in [9.17, 15) is 14.4 Å². The zero-order valence-electron chi connectivity index (χ0n) is 15.4. The van der Waals surface area contributed by atoms with Gasteiger partial charge >= 0.3 is 6.03 Å². The average molecular weight is 364 g/mol. The van der Waals surface area contributed by atoms with E-state index in [1.165, 1.54) is 19.1 Å². The molecule has 4 amide bonds. The van der Waals surface area contributed by atoms with Crippen molar-refractivity contribution in [3.8, 4) is 5.75 Å². The molecule has 1 aliphatic heterocycles. The second-order valence-electron chi connectivity index (χ2n) is 5.96. The fraction of sp³-hybridized carbons (Fsp3) is 0.471. The largest absolute Gasteiger partial charge is 0.495 e. The van der Waals surface area contributed by atoms with E-state index in [2.05, 4.69) is 10.6 Å². The molecule has 1 fully saturated rings. The summed E-state index contributed by atoms with van der Waals surface area (Å²) < 4.78 is 10.0. The van der Waals surface area contributed by atoms with Gasteiger partial charge in [-0.05, 0) is 25.1 Å². The number of rotatable bonds is 5. The van der Waals surface area contributed by atoms with Crippen LogP contribution in [0.1, 0.15) is 6.92 Å². The van der Waals surface area contributed by atoms with E-state index in [1.54, 1.807) is 37.1 Å². The first-order chi connectivity index (χ1) is 12.4. The number of piperazine rings is 1. The SMILES string of the molecule is COCC(=O)Nc1cc(NC(=O)N2CCN(C)C(=O)C2C)ccc1OC. The minimum atomic E-state index is -0.534. The minimum Gasteiger partial charge on any atom is -0.495 e. The highest BCUT2D eigenvalue weighted by Gasteiger charge is 2.32. The number of hydrogen-bond acceptors (Lipinski definition) is 5. The lowest BCUT2D eigenvalue weighted by molar-refractivity contribution is -0.137. The van der Waals surface area contributed by atoms with Gasteiger partial charge in [-0.1, -0.05) is 0 Å². The van der Waals surface area contributed by atoms with Crippen LogP contribution in [-0.2, 0) is 14.3 Å². The number of likely N-dealkylation sites (N-methyl/N-ethyl adjacent to an activating group) is 1. The maximum absolute atomic E-state index is 12.5. The fourth-order valence-corrected chi connectivity index (χ4v) is 2.69. The summed E-state index contributed by atoms with van der Waals surface area (Å²) in [6.45, 7) is 2.53. The Kier molecular flexibility index (Phi) is 6.40. The highest BCUT2D eigenvalue weighted by atomic mass is 16.5. The van der Waals surface area contributed by atoms with Gasteiger partial charge < -0.3 is 29.9 Å². The van der Waals surface area contributed by atoms with E-state index in [-0.39, 0.29) is 24.5 Å². The van der Waals surface area contributed by atoms with E-state index >= 15 is 0 Å². The summed E-state index contributed by atoms with van der Waals surface area (Å²) >= 11 is 0. The lowest BCUT2D eigenvalue weighted by atomic mass is 10.2. The molecule has 9 heteroatoms. The summed E-state index contributed by atoms with van der Waals surface area (Å²) in [5.41, 5.74) is 0.886. The quantitative estimate of drug-likeness (QED) is 0.811. The van der Waals surface area contributed by atoms with Gasteiger partial charge in [0.1, 0.15) is 18.4 Å². The van der Waals surface area contributed by atoms with Crippen LogP contribution >= 0.6 is 0 Å². The van der Waals surface area contributed by atoms with E-state index < -0.39 is 6.04 Å². The standard InChI is InChI=1S/C17H24N4O5/c1-11-16(23)20(2)7-8-21(11)17(24)18-12-5-6-14(26-4)13(9-12)19-15(22)10-25-3/h5-6,9,11H,7-8,10H2,1-4H3,(H,18,24)(H,19,22). The zero-order valence-corrected chi connectivity index (χ0v) is 15.4. The number of amides is 4. The third-order valence-corrected chi connectivity index (χ3v) is 4.14. The number of ether oxygens (including phenoxy) is 2. The summed E-state index contributed by atoms with van der Waals surface area (Å²) in [6, 6.07) is 3.97. The van der Waals surface area contributed by atoms with Crippen molar-refractivity contribution in [1.82, 2.24) is 9.80 Å². The molecule has 0 radical (unpaired) electrons. The maximum atomic E-state index is 12.5. The van der Waals surface area contributed by atoms with Crippen molar-refractivity contribution in [3.63, 3.8) is 0 Å². The molecule has 2 rings (SSSR count). The van der Waals surface area contributed by atoms with E-state index in [0.717, 1.165) is 0 Å². The van der Waals surface area contributed by atoms with Crippen LogP contribution in [-0.4, -0.2) is 74.7 Å². The number of hydrogen-bond donors (Lipinski definition) is 2. The molecule has 2 N–H and O–H groups in total. The number of urea groups is 1. The van der Waals surface area contributed by atoms with Crippen molar-refractivity contribution in [2.75, 3.05) is 51.6 Å². The van der Waals surface area contributed by atoms with E-state index in [0.29, 0.717) is 30.2 Å². The molecule has 1 unspecified atom stereocenters. The van der Waals surface area contributed by atoms with Gasteiger partial charge in [0.2, 0.25) is 11.8 Å². The van der Waals surface area contributed by atoms with Gasteiger partial charge in [0.05, 0.1) is 12.8 Å². The van der Waals surface area contributed by atoms with Gasteiger partial charge in [-0.15, -0.1) is 0 Å². The van der Waals surface area contributed by atoms with Crippen molar-refractivity contribution in [2.45, 2.75) is 13.0 Å². The van der Waals surface area contributed by atoms with Crippen LogP contribution in [0.15, 0.2) is 18.2 Å². The number of benzene rings is 1. The number of carbonyl (C=O) groups excluding carboxylic acids is 3. The Bertz CT molecular complexity index is 694. The number of carbonyl (C=O) groups is 3. The molecule has 1 heterocycles. The van der Waals surface area contributed by atoms with Crippen LogP contribution < -0.4 is 15.4 Å². The molecule has 26 heavy (non-hydrogen) atoms. The first-order valence-corrected chi connectivity index (χ1v) is 8.16.